The first-order valence-electron chi connectivity index (χ1n) is 4.68. The van der Waals surface area contributed by atoms with Gasteiger partial charge in [0, 0.05) is 6.42 Å². The first-order chi connectivity index (χ1) is 6.54. The van der Waals surface area contributed by atoms with E-state index >= 15 is 0 Å². The van der Waals surface area contributed by atoms with Crippen LogP contribution in [0.3, 0.4) is 0 Å². The maximum Gasteiger partial charge on any atom is 0.178 e. The minimum atomic E-state index is 0.153. The second-order valence-corrected chi connectivity index (χ2v) is 4.55. The number of rotatable bonds is 4. The lowest BCUT2D eigenvalue weighted by atomic mass is 10.1. The molecule has 0 amide bonds. The Morgan fingerprint density at radius 3 is 2.57 bits per heavy atom. The molecule has 1 heterocycles. The number of allylic oxidation sites excluding steroid dienone is 1. The van der Waals surface area contributed by atoms with Crippen LogP contribution in [0.4, 0.5) is 0 Å². The van der Waals surface area contributed by atoms with E-state index in [4.69, 9.17) is 0 Å². The molecule has 0 bridgehead atoms. The lowest BCUT2D eigenvalue weighted by molar-refractivity contribution is 0.0995. The van der Waals surface area contributed by atoms with Crippen LogP contribution in [0.2, 0.25) is 0 Å². The summed E-state index contributed by atoms with van der Waals surface area (Å²) in [6.07, 6.45) is 1.32. The van der Waals surface area contributed by atoms with Crippen LogP contribution in [0.15, 0.2) is 12.2 Å². The SMILES string of the molecule is C=C(CC)CC(=O)c1sc(C)nc1C. The van der Waals surface area contributed by atoms with E-state index in [9.17, 15) is 4.79 Å². The fourth-order valence-corrected chi connectivity index (χ4v) is 2.08. The molecule has 2 nitrogen and oxygen atoms in total. The molecule has 0 aliphatic rings. The Bertz CT molecular complexity index is 365. The first-order valence-corrected chi connectivity index (χ1v) is 5.50. The number of thiazole rings is 1. The Morgan fingerprint density at radius 1 is 1.50 bits per heavy atom. The molecule has 1 rings (SSSR count). The van der Waals surface area contributed by atoms with E-state index in [0.717, 1.165) is 27.6 Å². The van der Waals surface area contributed by atoms with Crippen molar-refractivity contribution < 1.29 is 4.79 Å². The van der Waals surface area contributed by atoms with Crippen molar-refractivity contribution in [2.75, 3.05) is 0 Å². The highest BCUT2D eigenvalue weighted by atomic mass is 32.1. The number of ketones is 1. The van der Waals surface area contributed by atoms with Gasteiger partial charge in [0.2, 0.25) is 0 Å². The molecule has 0 saturated carbocycles. The molecule has 0 aliphatic heterocycles. The number of nitrogens with zero attached hydrogens (tertiary/aromatic N) is 1. The van der Waals surface area contributed by atoms with Crippen LogP contribution in [0.25, 0.3) is 0 Å². The molecule has 0 unspecified atom stereocenters. The molecule has 0 saturated heterocycles. The summed E-state index contributed by atoms with van der Waals surface area (Å²) in [6, 6.07) is 0. The lowest BCUT2D eigenvalue weighted by Gasteiger charge is -1.99. The zero-order valence-electron chi connectivity index (χ0n) is 8.89. The van der Waals surface area contributed by atoms with Gasteiger partial charge in [-0.05, 0) is 20.3 Å². The van der Waals surface area contributed by atoms with Gasteiger partial charge in [-0.3, -0.25) is 4.79 Å². The van der Waals surface area contributed by atoms with Gasteiger partial charge in [0.05, 0.1) is 15.6 Å². The van der Waals surface area contributed by atoms with Crippen LogP contribution in [0, 0.1) is 13.8 Å². The fraction of sp³-hybridized carbons (Fsp3) is 0.455. The summed E-state index contributed by atoms with van der Waals surface area (Å²) in [5.41, 5.74) is 1.84. The lowest BCUT2D eigenvalue weighted by Crippen LogP contribution is -1.99. The van der Waals surface area contributed by atoms with Crippen LogP contribution in [0.5, 0.6) is 0 Å². The largest absolute Gasteiger partial charge is 0.293 e. The van der Waals surface area contributed by atoms with Crippen molar-refractivity contribution in [1.82, 2.24) is 4.98 Å². The highest BCUT2D eigenvalue weighted by Crippen LogP contribution is 2.20. The van der Waals surface area contributed by atoms with Crippen LogP contribution in [-0.2, 0) is 0 Å². The number of carbonyl (C=O) groups excluding carboxylic acids is 1. The van der Waals surface area contributed by atoms with Crippen LogP contribution in [-0.4, -0.2) is 10.8 Å². The second kappa shape index (κ2) is 4.51. The van der Waals surface area contributed by atoms with Crippen molar-refractivity contribution in [3.8, 4) is 0 Å². The molecule has 0 radical (unpaired) electrons. The van der Waals surface area contributed by atoms with Crippen molar-refractivity contribution in [1.29, 1.82) is 0 Å². The standard InChI is InChI=1S/C11H15NOS/c1-5-7(2)6-10(13)11-8(3)12-9(4)14-11/h2,5-6H2,1,3-4H3. The average Bonchev–Trinajstić information content (AvgIpc) is 2.45. The van der Waals surface area contributed by atoms with Crippen molar-refractivity contribution in [2.24, 2.45) is 0 Å². The molecule has 1 aromatic rings. The molecule has 0 atom stereocenters. The minimum absolute atomic E-state index is 0.153. The monoisotopic (exact) mass is 209 g/mol. The molecule has 0 N–H and O–H groups in total. The third kappa shape index (κ3) is 2.51. The van der Waals surface area contributed by atoms with Crippen molar-refractivity contribution in [3.05, 3.63) is 27.7 Å². The molecule has 76 valence electrons. The van der Waals surface area contributed by atoms with E-state index < -0.39 is 0 Å². The van der Waals surface area contributed by atoms with E-state index in [2.05, 4.69) is 11.6 Å². The van der Waals surface area contributed by atoms with Crippen molar-refractivity contribution in [2.45, 2.75) is 33.6 Å². The average molecular weight is 209 g/mol. The Labute approximate surface area is 88.7 Å². The summed E-state index contributed by atoms with van der Waals surface area (Å²) >= 11 is 1.47. The molecular formula is C11H15NOS. The Balaban J connectivity index is 2.79. The molecule has 0 aliphatic carbocycles. The van der Waals surface area contributed by atoms with E-state index in [-0.39, 0.29) is 5.78 Å². The van der Waals surface area contributed by atoms with E-state index in [1.807, 2.05) is 20.8 Å². The topological polar surface area (TPSA) is 30.0 Å². The van der Waals surface area contributed by atoms with Gasteiger partial charge in [0.15, 0.2) is 5.78 Å². The summed E-state index contributed by atoms with van der Waals surface area (Å²) in [5.74, 6) is 0.153. The fourth-order valence-electron chi connectivity index (χ4n) is 1.22. The van der Waals surface area contributed by atoms with Gasteiger partial charge in [-0.1, -0.05) is 19.1 Å². The quantitative estimate of drug-likeness (QED) is 0.562. The first kappa shape index (κ1) is 11.1. The number of aromatic nitrogens is 1. The van der Waals surface area contributed by atoms with Crippen LogP contribution in [0.1, 0.15) is 40.1 Å². The van der Waals surface area contributed by atoms with Gasteiger partial charge in [-0.2, -0.15) is 0 Å². The Kier molecular flexibility index (Phi) is 3.58. The maximum atomic E-state index is 11.8. The van der Waals surface area contributed by atoms with Gasteiger partial charge in [-0.25, -0.2) is 4.98 Å². The number of hydrogen-bond donors (Lipinski definition) is 0. The summed E-state index contributed by atoms with van der Waals surface area (Å²) < 4.78 is 0. The van der Waals surface area contributed by atoms with Crippen LogP contribution < -0.4 is 0 Å². The molecule has 0 fully saturated rings. The predicted molar refractivity (Wildman–Crippen MR) is 60.0 cm³/mol. The van der Waals surface area contributed by atoms with Crippen molar-refractivity contribution >= 4 is 17.1 Å². The zero-order valence-corrected chi connectivity index (χ0v) is 9.70. The zero-order chi connectivity index (χ0) is 10.7. The molecule has 0 aromatic carbocycles. The van der Waals surface area contributed by atoms with Gasteiger partial charge in [0.25, 0.3) is 0 Å². The molecule has 0 spiro atoms. The van der Waals surface area contributed by atoms with E-state index in [0.29, 0.717) is 6.42 Å². The number of aryl methyl sites for hydroxylation is 2. The number of hydrogen-bond acceptors (Lipinski definition) is 3. The van der Waals surface area contributed by atoms with Crippen LogP contribution >= 0.6 is 11.3 Å². The highest BCUT2D eigenvalue weighted by Gasteiger charge is 2.13. The number of carbonyl (C=O) groups is 1. The summed E-state index contributed by atoms with van der Waals surface area (Å²) in [6.45, 7) is 9.65. The second-order valence-electron chi connectivity index (χ2n) is 3.35. The molecule has 3 heteroatoms. The van der Waals surface area contributed by atoms with E-state index in [1.165, 1.54) is 11.3 Å². The van der Waals surface area contributed by atoms with Gasteiger partial charge >= 0.3 is 0 Å². The number of Topliss-reactive ketones (excluding diaryl/α,β-unsaturated/α-hetero) is 1. The summed E-state index contributed by atoms with van der Waals surface area (Å²) in [5, 5.41) is 0.952. The molecule has 14 heavy (non-hydrogen) atoms. The summed E-state index contributed by atoms with van der Waals surface area (Å²) in [4.78, 5) is 16.8. The maximum absolute atomic E-state index is 11.8. The minimum Gasteiger partial charge on any atom is -0.293 e. The van der Waals surface area contributed by atoms with Gasteiger partial charge < -0.3 is 0 Å². The third-order valence-corrected chi connectivity index (χ3v) is 3.18. The summed E-state index contributed by atoms with van der Waals surface area (Å²) in [7, 11) is 0. The van der Waals surface area contributed by atoms with Gasteiger partial charge in [-0.15, -0.1) is 11.3 Å². The molecule has 1 aromatic heterocycles. The van der Waals surface area contributed by atoms with E-state index in [1.54, 1.807) is 0 Å². The Hall–Kier alpha value is -0.960. The third-order valence-electron chi connectivity index (χ3n) is 2.07. The molecular weight excluding hydrogens is 194 g/mol. The van der Waals surface area contributed by atoms with Gasteiger partial charge in [0.1, 0.15) is 0 Å². The highest BCUT2D eigenvalue weighted by molar-refractivity contribution is 7.13. The Morgan fingerprint density at radius 2 is 2.14 bits per heavy atom. The predicted octanol–water partition coefficient (Wildman–Crippen LogP) is 3.30. The normalized spacial score (nSPS) is 10.2. The van der Waals surface area contributed by atoms with Crippen molar-refractivity contribution in [3.63, 3.8) is 0 Å². The smallest absolute Gasteiger partial charge is 0.178 e.